The molecule has 2 aromatic rings. The Hall–Kier alpha value is -2.14. The van der Waals surface area contributed by atoms with Gasteiger partial charge in [0.15, 0.2) is 0 Å². The zero-order valence-electron chi connectivity index (χ0n) is 13.1. The van der Waals surface area contributed by atoms with Crippen LogP contribution in [0.2, 0.25) is 0 Å². The third kappa shape index (κ3) is 2.88. The molecule has 5 nitrogen and oxygen atoms in total. The van der Waals surface area contributed by atoms with E-state index in [1.165, 1.54) is 12.8 Å². The number of nitrogens with one attached hydrogen (secondary N) is 1. The smallest absolute Gasteiger partial charge is 0.229 e. The van der Waals surface area contributed by atoms with E-state index in [1.54, 1.807) is 0 Å². The molecule has 4 rings (SSSR count). The fraction of sp³-hybridized carbons (Fsp3) is 0.444. The average molecular weight is 311 g/mol. The van der Waals surface area contributed by atoms with Gasteiger partial charge < -0.3 is 14.6 Å². The SMILES string of the molecule is O=C(Nc1ccccc1-c1cn2c(n1)CCCC2)[C@H]1CCOC1. The number of benzene rings is 1. The Kier molecular flexibility index (Phi) is 3.87. The van der Waals surface area contributed by atoms with Gasteiger partial charge in [-0.05, 0) is 25.3 Å². The van der Waals surface area contributed by atoms with Crippen LogP contribution >= 0.6 is 0 Å². The van der Waals surface area contributed by atoms with Crippen molar-refractivity contribution in [1.82, 2.24) is 9.55 Å². The molecule has 23 heavy (non-hydrogen) atoms. The summed E-state index contributed by atoms with van der Waals surface area (Å²) in [7, 11) is 0. The molecule has 5 heteroatoms. The monoisotopic (exact) mass is 311 g/mol. The van der Waals surface area contributed by atoms with Crippen LogP contribution in [0.5, 0.6) is 0 Å². The highest BCUT2D eigenvalue weighted by atomic mass is 16.5. The number of hydrogen-bond donors (Lipinski definition) is 1. The van der Waals surface area contributed by atoms with Gasteiger partial charge in [0.1, 0.15) is 5.82 Å². The van der Waals surface area contributed by atoms with Gasteiger partial charge in [-0.25, -0.2) is 4.98 Å². The molecular weight excluding hydrogens is 290 g/mol. The van der Waals surface area contributed by atoms with Gasteiger partial charge in [-0.2, -0.15) is 0 Å². The number of aryl methyl sites for hydroxylation is 2. The zero-order valence-corrected chi connectivity index (χ0v) is 13.1. The normalized spacial score (nSPS) is 20.3. The molecule has 1 aromatic carbocycles. The number of aromatic nitrogens is 2. The van der Waals surface area contributed by atoms with Crippen molar-refractivity contribution in [3.05, 3.63) is 36.3 Å². The van der Waals surface area contributed by atoms with Crippen LogP contribution in [0.3, 0.4) is 0 Å². The number of anilines is 1. The number of carbonyl (C=O) groups is 1. The number of ether oxygens (including phenoxy) is 1. The zero-order chi connectivity index (χ0) is 15.6. The summed E-state index contributed by atoms with van der Waals surface area (Å²) in [6, 6.07) is 7.90. The molecule has 0 spiro atoms. The lowest BCUT2D eigenvalue weighted by atomic mass is 10.1. The topological polar surface area (TPSA) is 56.2 Å². The number of imidazole rings is 1. The molecule has 0 saturated carbocycles. The van der Waals surface area contributed by atoms with Crippen molar-refractivity contribution in [2.45, 2.75) is 32.2 Å². The molecule has 0 aliphatic carbocycles. The lowest BCUT2D eigenvalue weighted by molar-refractivity contribution is -0.119. The summed E-state index contributed by atoms with van der Waals surface area (Å²) in [6.07, 6.45) is 6.36. The number of carbonyl (C=O) groups excluding carboxylic acids is 1. The van der Waals surface area contributed by atoms with Crippen LogP contribution in [0.1, 0.15) is 25.1 Å². The lowest BCUT2D eigenvalue weighted by Gasteiger charge is -2.12. The minimum atomic E-state index is -0.0433. The van der Waals surface area contributed by atoms with E-state index in [0.717, 1.165) is 42.2 Å². The Bertz CT molecular complexity index is 693. The van der Waals surface area contributed by atoms with Crippen LogP contribution in [0, 0.1) is 5.92 Å². The second kappa shape index (κ2) is 6.16. The fourth-order valence-electron chi connectivity index (χ4n) is 3.33. The molecule has 2 aliphatic heterocycles. The third-order valence-electron chi connectivity index (χ3n) is 4.67. The largest absolute Gasteiger partial charge is 0.381 e. The number of nitrogens with zero attached hydrogens (tertiary/aromatic N) is 2. The van der Waals surface area contributed by atoms with E-state index in [-0.39, 0.29) is 11.8 Å². The second-order valence-electron chi connectivity index (χ2n) is 6.29. The summed E-state index contributed by atoms with van der Waals surface area (Å²) >= 11 is 0. The maximum Gasteiger partial charge on any atom is 0.229 e. The maximum atomic E-state index is 12.4. The average Bonchev–Trinajstić information content (AvgIpc) is 3.25. The van der Waals surface area contributed by atoms with Crippen LogP contribution in [0.25, 0.3) is 11.3 Å². The van der Waals surface area contributed by atoms with E-state index in [1.807, 2.05) is 24.3 Å². The molecular formula is C18H21N3O2. The molecule has 2 aliphatic rings. The van der Waals surface area contributed by atoms with Gasteiger partial charge in [-0.15, -0.1) is 0 Å². The predicted molar refractivity (Wildman–Crippen MR) is 88.2 cm³/mol. The number of para-hydroxylation sites is 1. The van der Waals surface area contributed by atoms with Crippen molar-refractivity contribution >= 4 is 11.6 Å². The van der Waals surface area contributed by atoms with E-state index in [0.29, 0.717) is 13.2 Å². The molecule has 1 amide bonds. The number of fused-ring (bicyclic) bond motifs is 1. The molecule has 1 atom stereocenters. The van der Waals surface area contributed by atoms with E-state index in [4.69, 9.17) is 9.72 Å². The highest BCUT2D eigenvalue weighted by Gasteiger charge is 2.24. The predicted octanol–water partition coefficient (Wildman–Crippen LogP) is 2.86. The molecule has 0 bridgehead atoms. The summed E-state index contributed by atoms with van der Waals surface area (Å²) in [5.74, 6) is 1.15. The molecule has 1 saturated heterocycles. The first-order valence-corrected chi connectivity index (χ1v) is 8.35. The summed E-state index contributed by atoms with van der Waals surface area (Å²) in [5, 5.41) is 3.06. The van der Waals surface area contributed by atoms with Gasteiger partial charge in [0, 0.05) is 31.3 Å². The second-order valence-corrected chi connectivity index (χ2v) is 6.29. The Balaban J connectivity index is 1.61. The van der Waals surface area contributed by atoms with Gasteiger partial charge in [-0.3, -0.25) is 4.79 Å². The van der Waals surface area contributed by atoms with Crippen LogP contribution in [-0.4, -0.2) is 28.7 Å². The summed E-state index contributed by atoms with van der Waals surface area (Å²) < 4.78 is 7.55. The Morgan fingerprint density at radius 1 is 1.30 bits per heavy atom. The first kappa shape index (κ1) is 14.5. The van der Waals surface area contributed by atoms with Crippen molar-refractivity contribution in [2.24, 2.45) is 5.92 Å². The van der Waals surface area contributed by atoms with Gasteiger partial charge in [-0.1, -0.05) is 18.2 Å². The first-order chi connectivity index (χ1) is 11.3. The maximum absolute atomic E-state index is 12.4. The highest BCUT2D eigenvalue weighted by molar-refractivity contribution is 5.96. The van der Waals surface area contributed by atoms with Crippen molar-refractivity contribution in [3.8, 4) is 11.3 Å². The standard InChI is InChI=1S/C18H21N3O2/c22-18(13-8-10-23-12-13)20-15-6-2-1-5-14(15)16-11-21-9-4-3-7-17(21)19-16/h1-2,5-6,11,13H,3-4,7-10,12H2,(H,20,22)/t13-/m0/s1. The van der Waals surface area contributed by atoms with Gasteiger partial charge >= 0.3 is 0 Å². The summed E-state index contributed by atoms with van der Waals surface area (Å²) in [4.78, 5) is 17.1. The van der Waals surface area contributed by atoms with Crippen LogP contribution in [0.15, 0.2) is 30.5 Å². The first-order valence-electron chi connectivity index (χ1n) is 8.35. The van der Waals surface area contributed by atoms with Crippen molar-refractivity contribution < 1.29 is 9.53 Å². The van der Waals surface area contributed by atoms with Crippen LogP contribution in [0.4, 0.5) is 5.69 Å². The molecule has 0 radical (unpaired) electrons. The molecule has 0 unspecified atom stereocenters. The van der Waals surface area contributed by atoms with Crippen molar-refractivity contribution in [1.29, 1.82) is 0 Å². The lowest BCUT2D eigenvalue weighted by Crippen LogP contribution is -2.23. The molecule has 1 fully saturated rings. The highest BCUT2D eigenvalue weighted by Crippen LogP contribution is 2.29. The molecule has 1 N–H and O–H groups in total. The summed E-state index contributed by atoms with van der Waals surface area (Å²) in [6.45, 7) is 2.23. The van der Waals surface area contributed by atoms with Crippen LogP contribution in [-0.2, 0) is 22.5 Å². The minimum Gasteiger partial charge on any atom is -0.381 e. The fourth-order valence-corrected chi connectivity index (χ4v) is 3.33. The Labute approximate surface area is 135 Å². The summed E-state index contributed by atoms with van der Waals surface area (Å²) in [5.41, 5.74) is 2.77. The minimum absolute atomic E-state index is 0.0407. The van der Waals surface area contributed by atoms with Gasteiger partial charge in [0.25, 0.3) is 0 Å². The Morgan fingerprint density at radius 2 is 2.22 bits per heavy atom. The van der Waals surface area contributed by atoms with Crippen LogP contribution < -0.4 is 5.32 Å². The van der Waals surface area contributed by atoms with E-state index in [2.05, 4.69) is 16.1 Å². The molecule has 3 heterocycles. The number of rotatable bonds is 3. The molecule has 120 valence electrons. The van der Waals surface area contributed by atoms with Gasteiger partial charge in [0.05, 0.1) is 23.9 Å². The third-order valence-corrected chi connectivity index (χ3v) is 4.67. The number of hydrogen-bond acceptors (Lipinski definition) is 3. The molecule has 1 aromatic heterocycles. The van der Waals surface area contributed by atoms with Gasteiger partial charge in [0.2, 0.25) is 5.91 Å². The quantitative estimate of drug-likeness (QED) is 0.948. The van der Waals surface area contributed by atoms with E-state index in [9.17, 15) is 4.79 Å². The van der Waals surface area contributed by atoms with Crippen molar-refractivity contribution in [2.75, 3.05) is 18.5 Å². The van der Waals surface area contributed by atoms with E-state index >= 15 is 0 Å². The number of amides is 1. The van der Waals surface area contributed by atoms with E-state index < -0.39 is 0 Å². The Morgan fingerprint density at radius 3 is 3.04 bits per heavy atom. The van der Waals surface area contributed by atoms with Crippen molar-refractivity contribution in [3.63, 3.8) is 0 Å².